The van der Waals surface area contributed by atoms with Crippen LogP contribution in [0, 0.1) is 0 Å². The molecule has 3 rings (SSSR count). The van der Waals surface area contributed by atoms with Crippen molar-refractivity contribution in [2.45, 2.75) is 25.4 Å². The molecule has 0 aromatic heterocycles. The number of piperazine rings is 1. The summed E-state index contributed by atoms with van der Waals surface area (Å²) >= 11 is 5.90. The Kier molecular flexibility index (Phi) is 12.9. The molecule has 0 bridgehead atoms. The number of nitrogens with one attached hydrogen (secondary N) is 1. The van der Waals surface area contributed by atoms with E-state index in [1.807, 2.05) is 31.3 Å². The Bertz CT molecular complexity index is 636. The maximum atomic E-state index is 5.93. The van der Waals surface area contributed by atoms with Crippen LogP contribution in [0.2, 0.25) is 5.02 Å². The molecule has 0 atom stereocenters. The first kappa shape index (κ1) is 26.4. The number of rotatable bonds is 9. The summed E-state index contributed by atoms with van der Waals surface area (Å²) in [7, 11) is 1.85. The highest BCUT2D eigenvalue weighted by molar-refractivity contribution is 14.0. The fourth-order valence-electron chi connectivity index (χ4n) is 3.70. The Hall–Kier alpha value is -0.810. The van der Waals surface area contributed by atoms with Crippen molar-refractivity contribution in [1.29, 1.82) is 0 Å². The van der Waals surface area contributed by atoms with Gasteiger partial charge in [0.25, 0.3) is 0 Å². The van der Waals surface area contributed by atoms with Crippen molar-refractivity contribution in [1.82, 2.24) is 15.1 Å². The van der Waals surface area contributed by atoms with Crippen LogP contribution in [0.25, 0.3) is 0 Å². The summed E-state index contributed by atoms with van der Waals surface area (Å²) in [4.78, 5) is 9.21. The SMILES string of the molecule is CN=C(NCCCOC1CCOCC1)N1CCN(CCOc2ccc(Cl)cc2)CC1.I. The molecule has 1 aromatic carbocycles. The maximum absolute atomic E-state index is 5.93. The second-order valence-electron chi connectivity index (χ2n) is 7.64. The van der Waals surface area contributed by atoms with Gasteiger partial charge in [0.1, 0.15) is 12.4 Å². The fourth-order valence-corrected chi connectivity index (χ4v) is 3.83. The lowest BCUT2D eigenvalue weighted by molar-refractivity contribution is -0.0320. The van der Waals surface area contributed by atoms with E-state index >= 15 is 0 Å². The van der Waals surface area contributed by atoms with Gasteiger partial charge >= 0.3 is 0 Å². The molecule has 2 aliphatic rings. The highest BCUT2D eigenvalue weighted by Gasteiger charge is 2.19. The lowest BCUT2D eigenvalue weighted by atomic mass is 10.1. The van der Waals surface area contributed by atoms with E-state index in [2.05, 4.69) is 20.1 Å². The van der Waals surface area contributed by atoms with E-state index in [1.165, 1.54) is 0 Å². The smallest absolute Gasteiger partial charge is 0.193 e. The summed E-state index contributed by atoms with van der Waals surface area (Å²) in [6.45, 7) is 8.89. The highest BCUT2D eigenvalue weighted by Crippen LogP contribution is 2.15. The second kappa shape index (κ2) is 15.1. The van der Waals surface area contributed by atoms with Crippen LogP contribution in [0.1, 0.15) is 19.3 Å². The highest BCUT2D eigenvalue weighted by atomic mass is 127. The van der Waals surface area contributed by atoms with Gasteiger partial charge in [0.2, 0.25) is 0 Å². The summed E-state index contributed by atoms with van der Waals surface area (Å²) in [6, 6.07) is 7.52. The van der Waals surface area contributed by atoms with Crippen molar-refractivity contribution in [3.05, 3.63) is 29.3 Å². The normalized spacial score (nSPS) is 18.5. The van der Waals surface area contributed by atoms with Gasteiger partial charge in [-0.15, -0.1) is 24.0 Å². The van der Waals surface area contributed by atoms with Gasteiger partial charge in [0, 0.05) is 71.2 Å². The van der Waals surface area contributed by atoms with Crippen molar-refractivity contribution < 1.29 is 14.2 Å². The monoisotopic (exact) mass is 566 g/mol. The Morgan fingerprint density at radius 3 is 2.52 bits per heavy atom. The van der Waals surface area contributed by atoms with E-state index in [0.717, 1.165) is 95.1 Å². The third kappa shape index (κ3) is 9.69. The minimum atomic E-state index is 0. The Balaban J connectivity index is 0.00000341. The summed E-state index contributed by atoms with van der Waals surface area (Å²) in [5.74, 6) is 1.85. The van der Waals surface area contributed by atoms with Crippen LogP contribution in [-0.4, -0.2) is 94.6 Å². The molecule has 0 spiro atoms. The first-order chi connectivity index (χ1) is 14.7. The van der Waals surface area contributed by atoms with Crippen LogP contribution >= 0.6 is 35.6 Å². The van der Waals surface area contributed by atoms with Gasteiger partial charge in [-0.05, 0) is 43.5 Å². The molecular formula is C22H36ClIN4O3. The predicted octanol–water partition coefficient (Wildman–Crippen LogP) is 3.12. The van der Waals surface area contributed by atoms with Crippen LogP contribution in [0.4, 0.5) is 0 Å². The number of aliphatic imine (C=N–C) groups is 1. The van der Waals surface area contributed by atoms with Crippen LogP contribution < -0.4 is 10.1 Å². The standard InChI is InChI=1S/C22H35ClN4O3.HI/c1-24-22(25-9-2-15-29-21-7-16-28-17-8-21)27-12-10-26(11-13-27)14-18-30-20-5-3-19(23)4-6-20;/h3-6,21H,2,7-18H2,1H3,(H,24,25);1H. The van der Waals surface area contributed by atoms with Crippen molar-refractivity contribution in [2.24, 2.45) is 4.99 Å². The van der Waals surface area contributed by atoms with Crippen molar-refractivity contribution >= 4 is 41.5 Å². The van der Waals surface area contributed by atoms with Crippen LogP contribution in [0.3, 0.4) is 0 Å². The number of halogens is 2. The average Bonchev–Trinajstić information content (AvgIpc) is 2.79. The number of nitrogens with zero attached hydrogens (tertiary/aromatic N) is 3. The third-order valence-corrected chi connectivity index (χ3v) is 5.75. The zero-order chi connectivity index (χ0) is 21.0. The number of benzene rings is 1. The minimum absolute atomic E-state index is 0. The first-order valence-electron chi connectivity index (χ1n) is 11.0. The largest absolute Gasteiger partial charge is 0.492 e. The zero-order valence-corrected chi connectivity index (χ0v) is 21.5. The van der Waals surface area contributed by atoms with Gasteiger partial charge in [0.05, 0.1) is 6.10 Å². The molecule has 1 N–H and O–H groups in total. The molecule has 0 amide bonds. The molecule has 176 valence electrons. The summed E-state index contributed by atoms with van der Waals surface area (Å²) in [5.41, 5.74) is 0. The average molecular weight is 567 g/mol. The zero-order valence-electron chi connectivity index (χ0n) is 18.4. The molecule has 2 aliphatic heterocycles. The number of hydrogen-bond donors (Lipinski definition) is 1. The number of hydrogen-bond acceptors (Lipinski definition) is 5. The molecule has 0 saturated carbocycles. The summed E-state index contributed by atoms with van der Waals surface area (Å²) < 4.78 is 17.1. The topological polar surface area (TPSA) is 58.6 Å². The van der Waals surface area contributed by atoms with Gasteiger partial charge in [-0.3, -0.25) is 9.89 Å². The van der Waals surface area contributed by atoms with Crippen molar-refractivity contribution in [3.63, 3.8) is 0 Å². The number of ether oxygens (including phenoxy) is 3. The molecule has 1 aromatic rings. The molecule has 0 radical (unpaired) electrons. The van der Waals surface area contributed by atoms with E-state index in [1.54, 1.807) is 0 Å². The van der Waals surface area contributed by atoms with Gasteiger partial charge in [-0.2, -0.15) is 0 Å². The van der Waals surface area contributed by atoms with Gasteiger partial charge in [0.15, 0.2) is 5.96 Å². The molecule has 9 heteroatoms. The molecule has 2 saturated heterocycles. The van der Waals surface area contributed by atoms with E-state index in [0.29, 0.717) is 12.7 Å². The lowest BCUT2D eigenvalue weighted by Gasteiger charge is -2.36. The molecule has 0 aliphatic carbocycles. The van der Waals surface area contributed by atoms with Crippen LogP contribution in [0.5, 0.6) is 5.75 Å². The van der Waals surface area contributed by atoms with Crippen LogP contribution in [0.15, 0.2) is 29.3 Å². The van der Waals surface area contributed by atoms with E-state index < -0.39 is 0 Å². The Labute approximate surface area is 208 Å². The van der Waals surface area contributed by atoms with Crippen molar-refractivity contribution in [3.8, 4) is 5.75 Å². The molecular weight excluding hydrogens is 531 g/mol. The van der Waals surface area contributed by atoms with E-state index in [4.69, 9.17) is 25.8 Å². The maximum Gasteiger partial charge on any atom is 0.193 e. The number of guanidine groups is 1. The summed E-state index contributed by atoms with van der Waals surface area (Å²) in [6.07, 6.45) is 3.39. The molecule has 7 nitrogen and oxygen atoms in total. The van der Waals surface area contributed by atoms with E-state index in [-0.39, 0.29) is 24.0 Å². The minimum Gasteiger partial charge on any atom is -0.492 e. The van der Waals surface area contributed by atoms with Crippen molar-refractivity contribution in [2.75, 3.05) is 72.7 Å². The molecule has 2 fully saturated rings. The lowest BCUT2D eigenvalue weighted by Crippen LogP contribution is -2.53. The Morgan fingerprint density at radius 2 is 1.84 bits per heavy atom. The quantitative estimate of drug-likeness (QED) is 0.215. The van der Waals surface area contributed by atoms with E-state index in [9.17, 15) is 0 Å². The van der Waals surface area contributed by atoms with Gasteiger partial charge < -0.3 is 24.4 Å². The molecule has 31 heavy (non-hydrogen) atoms. The predicted molar refractivity (Wildman–Crippen MR) is 136 cm³/mol. The second-order valence-corrected chi connectivity index (χ2v) is 8.08. The third-order valence-electron chi connectivity index (χ3n) is 5.50. The van der Waals surface area contributed by atoms with Gasteiger partial charge in [-0.25, -0.2) is 0 Å². The Morgan fingerprint density at radius 1 is 1.13 bits per heavy atom. The fraction of sp³-hybridized carbons (Fsp3) is 0.682. The molecule has 0 unspecified atom stereocenters. The first-order valence-corrected chi connectivity index (χ1v) is 11.4. The summed E-state index contributed by atoms with van der Waals surface area (Å²) in [5, 5.41) is 4.21. The van der Waals surface area contributed by atoms with Crippen LogP contribution in [-0.2, 0) is 9.47 Å². The van der Waals surface area contributed by atoms with Gasteiger partial charge in [-0.1, -0.05) is 11.6 Å². The molecule has 2 heterocycles.